The van der Waals surface area contributed by atoms with Gasteiger partial charge in [-0.3, -0.25) is 0 Å². The first-order chi connectivity index (χ1) is 3.81. The van der Waals surface area contributed by atoms with Crippen molar-refractivity contribution in [3.8, 4) is 0 Å². The second-order valence-corrected chi connectivity index (χ2v) is 1.97. The molecule has 0 spiro atoms. The fourth-order valence-electron chi connectivity index (χ4n) is 0.322. The largest absolute Gasteiger partial charge is 0.380 e. The summed E-state index contributed by atoms with van der Waals surface area (Å²) in [6.45, 7) is 3.31. The molecule has 2 N–H and O–H groups in total. The van der Waals surface area contributed by atoms with Gasteiger partial charge in [0.25, 0.3) is 0 Å². The Bertz CT molecular complexity index is 51.7. The number of hydrogen-bond donors (Lipinski definition) is 2. The van der Waals surface area contributed by atoms with Crippen LogP contribution in [0.25, 0.3) is 0 Å². The lowest BCUT2D eigenvalue weighted by Gasteiger charge is -2.05. The molecule has 0 amide bonds. The molecule has 0 radical (unpaired) electrons. The first-order valence-corrected chi connectivity index (χ1v) is 3.38. The number of thiol groups is 1. The highest BCUT2D eigenvalue weighted by molar-refractivity contribution is 7.80. The van der Waals surface area contributed by atoms with Gasteiger partial charge < -0.3 is 10.5 Å². The van der Waals surface area contributed by atoms with Crippen molar-refractivity contribution in [3.05, 3.63) is 0 Å². The minimum atomic E-state index is 0.0956. The molecule has 50 valence electrons. The monoisotopic (exact) mass is 135 g/mol. The van der Waals surface area contributed by atoms with Crippen LogP contribution in [0, 0.1) is 0 Å². The summed E-state index contributed by atoms with van der Waals surface area (Å²) in [4.78, 5) is 0. The lowest BCUT2D eigenvalue weighted by molar-refractivity contribution is 0.138. The zero-order chi connectivity index (χ0) is 6.41. The third-order valence-electron chi connectivity index (χ3n) is 0.771. The summed E-state index contributed by atoms with van der Waals surface area (Å²) in [5.41, 5.74) is 5.46. The lowest BCUT2D eigenvalue weighted by Crippen LogP contribution is -2.27. The van der Waals surface area contributed by atoms with Crippen molar-refractivity contribution in [1.29, 1.82) is 0 Å². The van der Waals surface area contributed by atoms with Gasteiger partial charge in [-0.2, -0.15) is 12.6 Å². The predicted octanol–water partition coefficient (Wildman–Crippen LogP) is 0.280. The first-order valence-electron chi connectivity index (χ1n) is 2.75. The molecule has 0 aromatic rings. The van der Waals surface area contributed by atoms with E-state index in [1.165, 1.54) is 0 Å². The maximum absolute atomic E-state index is 5.46. The highest BCUT2D eigenvalue weighted by Gasteiger charge is 1.95. The van der Waals surface area contributed by atoms with Gasteiger partial charge >= 0.3 is 0 Å². The molecule has 0 rings (SSSR count). The van der Waals surface area contributed by atoms with E-state index in [1.54, 1.807) is 0 Å². The number of rotatable bonds is 4. The Labute approximate surface area is 55.8 Å². The average Bonchev–Trinajstić information content (AvgIpc) is 1.83. The van der Waals surface area contributed by atoms with E-state index in [1.807, 2.05) is 6.92 Å². The minimum absolute atomic E-state index is 0.0956. The number of ether oxygens (including phenoxy) is 1. The molecule has 1 atom stereocenters. The standard InChI is InChI=1S/C5H13NOS/c1-2-7-3-5(6)4-8/h5,8H,2-4,6H2,1H3/t5-/m0/s1. The summed E-state index contributed by atoms with van der Waals surface area (Å²) < 4.78 is 5.01. The molecule has 8 heavy (non-hydrogen) atoms. The molecule has 0 bridgehead atoms. The summed E-state index contributed by atoms with van der Waals surface area (Å²) in [5, 5.41) is 0. The zero-order valence-corrected chi connectivity index (χ0v) is 6.03. The summed E-state index contributed by atoms with van der Waals surface area (Å²) >= 11 is 3.98. The van der Waals surface area contributed by atoms with Gasteiger partial charge in [-0.15, -0.1) is 0 Å². The van der Waals surface area contributed by atoms with Gasteiger partial charge in [-0.1, -0.05) is 0 Å². The van der Waals surface area contributed by atoms with Crippen LogP contribution in [0.1, 0.15) is 6.92 Å². The molecule has 0 aliphatic heterocycles. The quantitative estimate of drug-likeness (QED) is 0.543. The van der Waals surface area contributed by atoms with E-state index in [0.717, 1.165) is 6.61 Å². The van der Waals surface area contributed by atoms with Crippen molar-refractivity contribution in [2.45, 2.75) is 13.0 Å². The molecule has 3 heteroatoms. The van der Waals surface area contributed by atoms with Gasteiger partial charge in [-0.05, 0) is 6.92 Å². The van der Waals surface area contributed by atoms with Gasteiger partial charge in [0.2, 0.25) is 0 Å². The van der Waals surface area contributed by atoms with Crippen LogP contribution in [0.5, 0.6) is 0 Å². The van der Waals surface area contributed by atoms with E-state index in [0.29, 0.717) is 12.4 Å². The Morgan fingerprint density at radius 2 is 2.38 bits per heavy atom. The van der Waals surface area contributed by atoms with E-state index in [9.17, 15) is 0 Å². The molecule has 0 saturated carbocycles. The maximum atomic E-state index is 5.46. The summed E-state index contributed by atoms with van der Waals surface area (Å²) in [6.07, 6.45) is 0. The second-order valence-electron chi connectivity index (χ2n) is 1.60. The van der Waals surface area contributed by atoms with Crippen LogP contribution in [0.2, 0.25) is 0 Å². The van der Waals surface area contributed by atoms with Gasteiger partial charge in [0, 0.05) is 18.4 Å². The molecule has 0 saturated heterocycles. The third-order valence-corrected chi connectivity index (χ3v) is 1.24. The third kappa shape index (κ3) is 4.43. The van der Waals surface area contributed by atoms with Crippen LogP contribution >= 0.6 is 12.6 Å². The number of nitrogens with two attached hydrogens (primary N) is 1. The van der Waals surface area contributed by atoms with Gasteiger partial charge in [0.05, 0.1) is 6.61 Å². The van der Waals surface area contributed by atoms with Crippen molar-refractivity contribution >= 4 is 12.6 Å². The highest BCUT2D eigenvalue weighted by Crippen LogP contribution is 1.83. The molecule has 0 aliphatic rings. The van der Waals surface area contributed by atoms with Crippen LogP contribution in [0.3, 0.4) is 0 Å². The topological polar surface area (TPSA) is 35.2 Å². The maximum Gasteiger partial charge on any atom is 0.0625 e. The van der Waals surface area contributed by atoms with Crippen LogP contribution in [-0.4, -0.2) is 25.0 Å². The van der Waals surface area contributed by atoms with Crippen LogP contribution in [0.15, 0.2) is 0 Å². The molecule has 0 heterocycles. The van der Waals surface area contributed by atoms with Crippen molar-refractivity contribution in [2.75, 3.05) is 19.0 Å². The summed E-state index contributed by atoms with van der Waals surface area (Å²) in [6, 6.07) is 0.0956. The second kappa shape index (κ2) is 5.41. The Morgan fingerprint density at radius 1 is 1.75 bits per heavy atom. The Kier molecular flexibility index (Phi) is 5.59. The average molecular weight is 135 g/mol. The van der Waals surface area contributed by atoms with E-state index in [2.05, 4.69) is 12.6 Å². The van der Waals surface area contributed by atoms with Crippen molar-refractivity contribution in [2.24, 2.45) is 5.73 Å². The smallest absolute Gasteiger partial charge is 0.0625 e. The summed E-state index contributed by atoms with van der Waals surface area (Å²) in [7, 11) is 0. The van der Waals surface area contributed by atoms with E-state index >= 15 is 0 Å². The van der Waals surface area contributed by atoms with E-state index < -0.39 is 0 Å². The SMILES string of the molecule is CCOC[C@H](N)CS. The van der Waals surface area contributed by atoms with Gasteiger partial charge in [0.1, 0.15) is 0 Å². The molecule has 0 unspecified atom stereocenters. The number of hydrogen-bond acceptors (Lipinski definition) is 3. The van der Waals surface area contributed by atoms with Crippen LogP contribution < -0.4 is 5.73 Å². The molecule has 0 fully saturated rings. The lowest BCUT2D eigenvalue weighted by atomic mass is 10.4. The minimum Gasteiger partial charge on any atom is -0.380 e. The van der Waals surface area contributed by atoms with Crippen LogP contribution in [-0.2, 0) is 4.74 Å². The van der Waals surface area contributed by atoms with Crippen molar-refractivity contribution in [3.63, 3.8) is 0 Å². The van der Waals surface area contributed by atoms with Crippen molar-refractivity contribution in [1.82, 2.24) is 0 Å². The summed E-state index contributed by atoms with van der Waals surface area (Å²) in [5.74, 6) is 0.694. The molecular formula is C5H13NOS. The van der Waals surface area contributed by atoms with E-state index in [-0.39, 0.29) is 6.04 Å². The van der Waals surface area contributed by atoms with Crippen molar-refractivity contribution < 1.29 is 4.74 Å². The Balaban J connectivity index is 2.86. The molecule has 0 aromatic carbocycles. The molecule has 2 nitrogen and oxygen atoms in total. The molecule has 0 aliphatic carbocycles. The van der Waals surface area contributed by atoms with Gasteiger partial charge in [-0.25, -0.2) is 0 Å². The van der Waals surface area contributed by atoms with Gasteiger partial charge in [0.15, 0.2) is 0 Å². The Morgan fingerprint density at radius 3 is 2.75 bits per heavy atom. The molecule has 0 aromatic heterocycles. The van der Waals surface area contributed by atoms with Crippen LogP contribution in [0.4, 0.5) is 0 Å². The highest BCUT2D eigenvalue weighted by atomic mass is 32.1. The van der Waals surface area contributed by atoms with E-state index in [4.69, 9.17) is 10.5 Å². The first kappa shape index (κ1) is 8.27. The predicted molar refractivity (Wildman–Crippen MR) is 38.3 cm³/mol. The fourth-order valence-corrected chi connectivity index (χ4v) is 0.427. The zero-order valence-electron chi connectivity index (χ0n) is 5.13. The normalized spacial score (nSPS) is 13.9. The Hall–Kier alpha value is 0.270. The fraction of sp³-hybridized carbons (Fsp3) is 1.00. The molecular weight excluding hydrogens is 122 g/mol.